The fourth-order valence-electron chi connectivity index (χ4n) is 2.72. The van der Waals surface area contributed by atoms with Crippen molar-refractivity contribution in [1.29, 1.82) is 0 Å². The minimum absolute atomic E-state index is 0.113. The third kappa shape index (κ3) is 4.09. The molecule has 2 aromatic carbocycles. The molecule has 0 saturated carbocycles. The van der Waals surface area contributed by atoms with E-state index in [2.05, 4.69) is 10.6 Å². The molecule has 0 saturated heterocycles. The van der Waals surface area contributed by atoms with Crippen molar-refractivity contribution >= 4 is 23.2 Å². The lowest BCUT2D eigenvalue weighted by Gasteiger charge is -2.15. The molecular weight excluding hydrogens is 320 g/mol. The van der Waals surface area contributed by atoms with Crippen LogP contribution in [0.1, 0.15) is 22.3 Å². The Bertz CT molecular complexity index is 797. The van der Waals surface area contributed by atoms with Gasteiger partial charge in [-0.25, -0.2) is 0 Å². The van der Waals surface area contributed by atoms with E-state index >= 15 is 0 Å². The zero-order valence-corrected chi connectivity index (χ0v) is 15.0. The minimum atomic E-state index is -0.772. The number of phenols is 1. The van der Waals surface area contributed by atoms with Crippen LogP contribution in [0.4, 0.5) is 11.4 Å². The Morgan fingerprint density at radius 2 is 1.16 bits per heavy atom. The van der Waals surface area contributed by atoms with Crippen LogP contribution >= 0.6 is 0 Å². The lowest BCUT2D eigenvalue weighted by Crippen LogP contribution is -2.30. The maximum Gasteiger partial charge on any atom is 0.314 e. The summed E-state index contributed by atoms with van der Waals surface area (Å²) in [6.07, 6.45) is 0. The van der Waals surface area contributed by atoms with E-state index < -0.39 is 11.8 Å². The first-order chi connectivity index (χ1) is 11.7. The Kier molecular flexibility index (Phi) is 5.32. The molecule has 0 bridgehead atoms. The molecule has 6 nitrogen and oxygen atoms in total. The lowest BCUT2D eigenvalue weighted by molar-refractivity contribution is -0.133. The normalized spacial score (nSPS) is 10.3. The number of rotatable bonds is 3. The standard InChI is InChI=1S/C19H22N2O4/c1-10-6-14(22)7-11(2)16(10)20-18(23)19(24)21-17-12(3)8-15(25-5)9-13(17)4/h6-9,22H,1-5H3,(H,20,23)(H,21,24). The molecule has 0 atom stereocenters. The third-order valence-electron chi connectivity index (χ3n) is 3.94. The van der Waals surface area contributed by atoms with Crippen LogP contribution in [0.5, 0.6) is 11.5 Å². The molecule has 0 aromatic heterocycles. The molecule has 0 heterocycles. The van der Waals surface area contributed by atoms with E-state index in [1.165, 1.54) is 12.1 Å². The Labute approximate surface area is 146 Å². The molecule has 2 rings (SSSR count). The molecule has 2 aromatic rings. The van der Waals surface area contributed by atoms with Crippen molar-refractivity contribution in [2.75, 3.05) is 17.7 Å². The van der Waals surface area contributed by atoms with Gasteiger partial charge in [0, 0.05) is 11.4 Å². The summed E-state index contributed by atoms with van der Waals surface area (Å²) in [5.41, 5.74) is 4.05. The van der Waals surface area contributed by atoms with Gasteiger partial charge in [-0.15, -0.1) is 0 Å². The van der Waals surface area contributed by atoms with Crippen molar-refractivity contribution < 1.29 is 19.4 Å². The second kappa shape index (κ2) is 7.25. The molecule has 0 aliphatic heterocycles. The summed E-state index contributed by atoms with van der Waals surface area (Å²) in [5, 5.41) is 14.8. The van der Waals surface area contributed by atoms with Crippen molar-refractivity contribution in [2.24, 2.45) is 0 Å². The number of phenolic OH excluding ortho intramolecular Hbond substituents is 1. The maximum absolute atomic E-state index is 12.3. The summed E-state index contributed by atoms with van der Waals surface area (Å²) >= 11 is 0. The van der Waals surface area contributed by atoms with Gasteiger partial charge in [0.05, 0.1) is 7.11 Å². The van der Waals surface area contributed by atoms with E-state index in [1.807, 2.05) is 13.8 Å². The topological polar surface area (TPSA) is 87.7 Å². The maximum atomic E-state index is 12.3. The smallest absolute Gasteiger partial charge is 0.314 e. The van der Waals surface area contributed by atoms with E-state index in [-0.39, 0.29) is 5.75 Å². The molecule has 6 heteroatoms. The van der Waals surface area contributed by atoms with Crippen LogP contribution in [0.2, 0.25) is 0 Å². The van der Waals surface area contributed by atoms with Gasteiger partial charge >= 0.3 is 11.8 Å². The van der Waals surface area contributed by atoms with E-state index in [0.717, 1.165) is 11.1 Å². The number of anilines is 2. The Morgan fingerprint density at radius 3 is 1.52 bits per heavy atom. The molecule has 3 N–H and O–H groups in total. The highest BCUT2D eigenvalue weighted by molar-refractivity contribution is 6.44. The van der Waals surface area contributed by atoms with Gasteiger partial charge in [0.15, 0.2) is 0 Å². The number of hydrogen-bond acceptors (Lipinski definition) is 4. The van der Waals surface area contributed by atoms with E-state index in [9.17, 15) is 14.7 Å². The number of methoxy groups -OCH3 is 1. The van der Waals surface area contributed by atoms with Gasteiger partial charge in [-0.2, -0.15) is 0 Å². The van der Waals surface area contributed by atoms with Gasteiger partial charge in [-0.1, -0.05) is 0 Å². The van der Waals surface area contributed by atoms with Gasteiger partial charge < -0.3 is 20.5 Å². The quantitative estimate of drug-likeness (QED) is 0.590. The second-order valence-electron chi connectivity index (χ2n) is 6.00. The highest BCUT2D eigenvalue weighted by Gasteiger charge is 2.18. The van der Waals surface area contributed by atoms with Gasteiger partial charge in [0.25, 0.3) is 0 Å². The molecule has 0 aliphatic carbocycles. The van der Waals surface area contributed by atoms with Crippen LogP contribution in [0.15, 0.2) is 24.3 Å². The van der Waals surface area contributed by atoms with Crippen molar-refractivity contribution in [3.63, 3.8) is 0 Å². The zero-order chi connectivity index (χ0) is 18.7. The number of amides is 2. The first kappa shape index (κ1) is 18.3. The van der Waals surface area contributed by atoms with Crippen LogP contribution in [-0.4, -0.2) is 24.0 Å². The van der Waals surface area contributed by atoms with Crippen molar-refractivity contribution in [3.05, 3.63) is 46.5 Å². The summed E-state index contributed by atoms with van der Waals surface area (Å²) in [6, 6.07) is 6.63. The van der Waals surface area contributed by atoms with Crippen LogP contribution in [-0.2, 0) is 9.59 Å². The molecule has 0 aliphatic rings. The average Bonchev–Trinajstić information content (AvgIpc) is 2.53. The molecular formula is C19H22N2O4. The van der Waals surface area contributed by atoms with Crippen molar-refractivity contribution in [1.82, 2.24) is 0 Å². The lowest BCUT2D eigenvalue weighted by atomic mass is 10.1. The van der Waals surface area contributed by atoms with Crippen LogP contribution < -0.4 is 15.4 Å². The fraction of sp³-hybridized carbons (Fsp3) is 0.263. The molecule has 0 spiro atoms. The number of hydrogen-bond donors (Lipinski definition) is 3. The van der Waals surface area contributed by atoms with Gasteiger partial charge in [-0.05, 0) is 74.2 Å². The number of aromatic hydroxyl groups is 1. The van der Waals surface area contributed by atoms with Gasteiger partial charge in [0.1, 0.15) is 11.5 Å². The summed E-state index contributed by atoms with van der Waals surface area (Å²) in [5.74, 6) is -0.732. The first-order valence-electron chi connectivity index (χ1n) is 7.80. The van der Waals surface area contributed by atoms with Crippen molar-refractivity contribution in [3.8, 4) is 11.5 Å². The number of ether oxygens (including phenoxy) is 1. The summed E-state index contributed by atoms with van der Waals surface area (Å²) in [6.45, 7) is 7.16. The Hall–Kier alpha value is -3.02. The average molecular weight is 342 g/mol. The monoisotopic (exact) mass is 342 g/mol. The van der Waals surface area contributed by atoms with E-state index in [0.29, 0.717) is 28.3 Å². The van der Waals surface area contributed by atoms with Crippen LogP contribution in [0.25, 0.3) is 0 Å². The molecule has 132 valence electrons. The van der Waals surface area contributed by atoms with E-state index in [4.69, 9.17) is 4.74 Å². The molecule has 0 unspecified atom stereocenters. The predicted molar refractivity (Wildman–Crippen MR) is 97.3 cm³/mol. The molecule has 2 amide bonds. The fourth-order valence-corrected chi connectivity index (χ4v) is 2.72. The Morgan fingerprint density at radius 1 is 0.800 bits per heavy atom. The van der Waals surface area contributed by atoms with Gasteiger partial charge in [-0.3, -0.25) is 9.59 Å². The summed E-state index contributed by atoms with van der Waals surface area (Å²) < 4.78 is 5.19. The van der Waals surface area contributed by atoms with Crippen molar-refractivity contribution in [2.45, 2.75) is 27.7 Å². The van der Waals surface area contributed by atoms with Gasteiger partial charge in [0.2, 0.25) is 0 Å². The van der Waals surface area contributed by atoms with Crippen LogP contribution in [0.3, 0.4) is 0 Å². The minimum Gasteiger partial charge on any atom is -0.508 e. The SMILES string of the molecule is COc1cc(C)c(NC(=O)C(=O)Nc2c(C)cc(O)cc2C)c(C)c1. The number of aryl methyl sites for hydroxylation is 4. The Balaban J connectivity index is 2.18. The number of benzene rings is 2. The summed E-state index contributed by atoms with van der Waals surface area (Å²) in [4.78, 5) is 24.5. The van der Waals surface area contributed by atoms with E-state index in [1.54, 1.807) is 33.1 Å². The largest absolute Gasteiger partial charge is 0.508 e. The highest BCUT2D eigenvalue weighted by atomic mass is 16.5. The predicted octanol–water partition coefficient (Wildman–Crippen LogP) is 3.21. The second-order valence-corrected chi connectivity index (χ2v) is 6.00. The summed E-state index contributed by atoms with van der Waals surface area (Å²) in [7, 11) is 1.57. The van der Waals surface area contributed by atoms with Crippen LogP contribution in [0, 0.1) is 27.7 Å². The zero-order valence-electron chi connectivity index (χ0n) is 15.0. The number of carbonyl (C=O) groups excluding carboxylic acids is 2. The number of nitrogens with one attached hydrogen (secondary N) is 2. The first-order valence-corrected chi connectivity index (χ1v) is 7.80. The molecule has 25 heavy (non-hydrogen) atoms. The molecule has 0 radical (unpaired) electrons. The molecule has 0 fully saturated rings. The third-order valence-corrected chi connectivity index (χ3v) is 3.94. The highest BCUT2D eigenvalue weighted by Crippen LogP contribution is 2.27. The number of carbonyl (C=O) groups is 2.